The lowest BCUT2D eigenvalue weighted by molar-refractivity contribution is -0.148. The Morgan fingerprint density at radius 2 is 2.02 bits per heavy atom. The fraction of sp³-hybridized carbons (Fsp3) is 0.552. The molecule has 8 nitrogen and oxygen atoms in total. The third-order valence-electron chi connectivity index (χ3n) is 8.93. The van der Waals surface area contributed by atoms with Crippen LogP contribution in [0.3, 0.4) is 0 Å². The van der Waals surface area contributed by atoms with E-state index in [1.54, 1.807) is 30.5 Å². The Balaban J connectivity index is 1.13. The first-order valence-corrected chi connectivity index (χ1v) is 14.1. The van der Waals surface area contributed by atoms with Gasteiger partial charge in [-0.05, 0) is 87.6 Å². The predicted molar refractivity (Wildman–Crippen MR) is 143 cm³/mol. The maximum Gasteiger partial charge on any atom is 0.449 e. The summed E-state index contributed by atoms with van der Waals surface area (Å²) < 4.78 is 42.6. The van der Waals surface area contributed by atoms with E-state index in [2.05, 4.69) is 32.2 Å². The Hall–Kier alpha value is -3.02. The first-order valence-electron chi connectivity index (χ1n) is 14.1. The average Bonchev–Trinajstić information content (AvgIpc) is 3.50. The van der Waals surface area contributed by atoms with E-state index in [0.717, 1.165) is 35.1 Å². The van der Waals surface area contributed by atoms with E-state index < -0.39 is 17.6 Å². The van der Waals surface area contributed by atoms with Crippen molar-refractivity contribution in [3.05, 3.63) is 59.7 Å². The number of imidazole rings is 1. The van der Waals surface area contributed by atoms with Gasteiger partial charge in [-0.1, -0.05) is 12.1 Å². The number of hydrogen-bond donors (Lipinski definition) is 4. The molecule has 1 aliphatic heterocycles. The molecule has 0 radical (unpaired) electrons. The standard InChI is InChI=1S/C29H35F3N6O2/c1-17-13-18(10-12-33-17)25-21-14-19(8-9-22(21)36-37-25)26(39)34-20-5-4-11-28(40,15-20)16-38-24-7-3-2-6-23(24)35-27(38)29(30,31)32/h2-3,6-7,10,12-13,19-22,25,36-37,40H,4-5,8-9,11,14-16H2,1H3,(H,34,39)/t19?,20-,21?,22?,25?,28+/m1/s1. The number of hydrogen-bond acceptors (Lipinski definition) is 6. The number of aryl methyl sites for hydroxylation is 1. The number of nitrogens with zero attached hydrogens (tertiary/aromatic N) is 3. The third kappa shape index (κ3) is 5.34. The number of aromatic nitrogens is 3. The van der Waals surface area contributed by atoms with Crippen molar-refractivity contribution in [2.75, 3.05) is 0 Å². The number of pyridine rings is 1. The van der Waals surface area contributed by atoms with Gasteiger partial charge in [0.25, 0.3) is 0 Å². The van der Waals surface area contributed by atoms with Gasteiger partial charge in [-0.2, -0.15) is 13.2 Å². The van der Waals surface area contributed by atoms with Crippen LogP contribution in [0.4, 0.5) is 13.2 Å². The number of fused-ring (bicyclic) bond motifs is 2. The summed E-state index contributed by atoms with van der Waals surface area (Å²) >= 11 is 0. The molecule has 4 unspecified atom stereocenters. The second-order valence-electron chi connectivity index (χ2n) is 11.8. The Kier molecular flexibility index (Phi) is 7.08. The highest BCUT2D eigenvalue weighted by Crippen LogP contribution is 2.41. The summed E-state index contributed by atoms with van der Waals surface area (Å²) in [5.74, 6) is -0.946. The van der Waals surface area contributed by atoms with Gasteiger partial charge in [0.15, 0.2) is 0 Å². The summed E-state index contributed by atoms with van der Waals surface area (Å²) in [6, 6.07) is 10.6. The molecule has 0 bridgehead atoms. The molecule has 3 heterocycles. The number of rotatable bonds is 5. The zero-order valence-corrected chi connectivity index (χ0v) is 22.4. The largest absolute Gasteiger partial charge is 0.449 e. The first kappa shape index (κ1) is 27.2. The zero-order valence-electron chi connectivity index (χ0n) is 22.4. The molecule has 2 aliphatic carbocycles. The highest BCUT2D eigenvalue weighted by Gasteiger charge is 2.45. The van der Waals surface area contributed by atoms with E-state index in [1.807, 2.05) is 13.0 Å². The quantitative estimate of drug-likeness (QED) is 0.376. The van der Waals surface area contributed by atoms with E-state index in [4.69, 9.17) is 0 Å². The van der Waals surface area contributed by atoms with Gasteiger partial charge in [0.2, 0.25) is 11.7 Å². The lowest BCUT2D eigenvalue weighted by Crippen LogP contribution is -2.50. The molecule has 3 aromatic rings. The number of carbonyl (C=O) groups is 1. The van der Waals surface area contributed by atoms with Crippen LogP contribution in [0.1, 0.15) is 68.1 Å². The highest BCUT2D eigenvalue weighted by molar-refractivity contribution is 5.79. The van der Waals surface area contributed by atoms with Gasteiger partial charge in [-0.3, -0.25) is 15.2 Å². The number of nitrogens with one attached hydrogen (secondary N) is 3. The van der Waals surface area contributed by atoms with Crippen molar-refractivity contribution in [3.8, 4) is 0 Å². The zero-order chi connectivity index (χ0) is 28.1. The molecule has 2 saturated carbocycles. The molecule has 214 valence electrons. The molecule has 1 saturated heterocycles. The van der Waals surface area contributed by atoms with Crippen molar-refractivity contribution in [3.63, 3.8) is 0 Å². The minimum Gasteiger partial charge on any atom is -0.388 e. The van der Waals surface area contributed by atoms with Crippen molar-refractivity contribution in [2.45, 2.75) is 88.3 Å². The predicted octanol–water partition coefficient (Wildman–Crippen LogP) is 4.18. The molecule has 6 rings (SSSR count). The van der Waals surface area contributed by atoms with Crippen LogP contribution in [0.25, 0.3) is 11.0 Å². The van der Waals surface area contributed by atoms with Gasteiger partial charge in [-0.15, -0.1) is 0 Å². The molecule has 1 aromatic carbocycles. The molecule has 4 N–H and O–H groups in total. The van der Waals surface area contributed by atoms with Crippen LogP contribution < -0.4 is 16.2 Å². The van der Waals surface area contributed by atoms with E-state index >= 15 is 0 Å². The molecular weight excluding hydrogens is 521 g/mol. The Morgan fingerprint density at radius 1 is 1.20 bits per heavy atom. The number of alkyl halides is 3. The molecule has 0 spiro atoms. The summed E-state index contributed by atoms with van der Waals surface area (Å²) in [6.45, 7) is 1.73. The van der Waals surface area contributed by atoms with Crippen LogP contribution in [-0.2, 0) is 17.5 Å². The minimum atomic E-state index is -4.65. The molecule has 3 aliphatic rings. The summed E-state index contributed by atoms with van der Waals surface area (Å²) in [5, 5.41) is 14.7. The van der Waals surface area contributed by atoms with E-state index in [9.17, 15) is 23.1 Å². The van der Waals surface area contributed by atoms with Crippen LogP contribution in [0.2, 0.25) is 0 Å². The van der Waals surface area contributed by atoms with Crippen molar-refractivity contribution in [1.82, 2.24) is 30.7 Å². The molecular formula is C29H35F3N6O2. The topological polar surface area (TPSA) is 104 Å². The fourth-order valence-electron chi connectivity index (χ4n) is 7.06. The van der Waals surface area contributed by atoms with Gasteiger partial charge in [0.1, 0.15) is 0 Å². The van der Waals surface area contributed by atoms with Gasteiger partial charge < -0.3 is 15.0 Å². The number of benzene rings is 1. The van der Waals surface area contributed by atoms with Crippen molar-refractivity contribution >= 4 is 16.9 Å². The summed E-state index contributed by atoms with van der Waals surface area (Å²) in [7, 11) is 0. The maximum absolute atomic E-state index is 13.8. The van der Waals surface area contributed by atoms with Crippen LogP contribution in [0.15, 0.2) is 42.6 Å². The minimum absolute atomic E-state index is 0.0340. The van der Waals surface area contributed by atoms with Crippen molar-refractivity contribution in [2.24, 2.45) is 11.8 Å². The van der Waals surface area contributed by atoms with Gasteiger partial charge in [0, 0.05) is 29.9 Å². The molecule has 2 aromatic heterocycles. The summed E-state index contributed by atoms with van der Waals surface area (Å²) in [4.78, 5) is 21.5. The number of para-hydroxylation sites is 2. The van der Waals surface area contributed by atoms with Crippen LogP contribution in [-0.4, -0.2) is 43.2 Å². The lowest BCUT2D eigenvalue weighted by Gasteiger charge is -2.39. The van der Waals surface area contributed by atoms with E-state index in [0.29, 0.717) is 24.8 Å². The van der Waals surface area contributed by atoms with Gasteiger partial charge in [0.05, 0.1) is 29.2 Å². The molecule has 1 amide bonds. The normalized spacial score (nSPS) is 30.8. The summed E-state index contributed by atoms with van der Waals surface area (Å²) in [6.07, 6.45) is 1.39. The number of carbonyl (C=O) groups excluding carboxylic acids is 1. The maximum atomic E-state index is 13.8. The third-order valence-corrected chi connectivity index (χ3v) is 8.93. The fourth-order valence-corrected chi connectivity index (χ4v) is 7.06. The molecule has 40 heavy (non-hydrogen) atoms. The van der Waals surface area contributed by atoms with Gasteiger partial charge in [-0.25, -0.2) is 10.4 Å². The molecule has 3 fully saturated rings. The number of aliphatic hydroxyl groups is 1. The Morgan fingerprint density at radius 3 is 2.83 bits per heavy atom. The first-order chi connectivity index (χ1) is 19.1. The molecule has 11 heteroatoms. The molecule has 6 atom stereocenters. The lowest BCUT2D eigenvalue weighted by atomic mass is 9.74. The number of amides is 1. The van der Waals surface area contributed by atoms with E-state index in [-0.39, 0.29) is 54.4 Å². The van der Waals surface area contributed by atoms with E-state index in [1.165, 1.54) is 0 Å². The Bertz CT molecular complexity index is 1390. The van der Waals surface area contributed by atoms with Crippen LogP contribution in [0.5, 0.6) is 0 Å². The highest BCUT2D eigenvalue weighted by atomic mass is 19.4. The second-order valence-corrected chi connectivity index (χ2v) is 11.8. The SMILES string of the molecule is Cc1cc(C2NNC3CCC(C(=O)N[C@@H]4CCC[C@@](O)(Cn5c(C(F)(F)F)nc6ccccc65)C4)CC32)ccn1. The monoisotopic (exact) mass is 556 g/mol. The van der Waals surface area contributed by atoms with Crippen LogP contribution >= 0.6 is 0 Å². The number of hydrazine groups is 1. The summed E-state index contributed by atoms with van der Waals surface area (Å²) in [5.41, 5.74) is 8.10. The Labute approximate surface area is 230 Å². The van der Waals surface area contributed by atoms with Crippen LogP contribution in [0, 0.1) is 18.8 Å². The smallest absolute Gasteiger partial charge is 0.388 e. The van der Waals surface area contributed by atoms with Crippen molar-refractivity contribution in [1.29, 1.82) is 0 Å². The number of halogens is 3. The van der Waals surface area contributed by atoms with Crippen molar-refractivity contribution < 1.29 is 23.1 Å². The second kappa shape index (κ2) is 10.4. The average molecular weight is 557 g/mol. The van der Waals surface area contributed by atoms with Gasteiger partial charge >= 0.3 is 6.18 Å².